The van der Waals surface area contributed by atoms with E-state index in [0.29, 0.717) is 18.8 Å². The average molecular weight is 312 g/mol. The molecule has 1 saturated heterocycles. The number of amides is 1. The normalized spacial score (nSPS) is 22.8. The van der Waals surface area contributed by atoms with Gasteiger partial charge in [-0.15, -0.1) is 0 Å². The zero-order chi connectivity index (χ0) is 15.7. The van der Waals surface area contributed by atoms with Gasteiger partial charge in [-0.3, -0.25) is 4.79 Å². The van der Waals surface area contributed by atoms with Gasteiger partial charge in [0.1, 0.15) is 0 Å². The van der Waals surface area contributed by atoms with Crippen LogP contribution in [-0.4, -0.2) is 33.1 Å². The Morgan fingerprint density at radius 3 is 2.67 bits per heavy atom. The van der Waals surface area contributed by atoms with Gasteiger partial charge in [0, 0.05) is 12.2 Å². The van der Waals surface area contributed by atoms with Crippen molar-refractivity contribution < 1.29 is 17.9 Å². The smallest absolute Gasteiger partial charge is 0.251 e. The topological polar surface area (TPSA) is 98.5 Å². The summed E-state index contributed by atoms with van der Waals surface area (Å²) in [6.45, 7) is 4.79. The molecule has 1 atom stereocenters. The Morgan fingerprint density at radius 1 is 1.38 bits per heavy atom. The Kier molecular flexibility index (Phi) is 4.36. The molecule has 21 heavy (non-hydrogen) atoms. The molecule has 1 amide bonds. The van der Waals surface area contributed by atoms with E-state index in [1.807, 2.05) is 6.92 Å². The van der Waals surface area contributed by atoms with Crippen LogP contribution in [0, 0.1) is 6.92 Å². The first-order valence-corrected chi connectivity index (χ1v) is 8.29. The van der Waals surface area contributed by atoms with Gasteiger partial charge in [-0.25, -0.2) is 13.6 Å². The number of primary sulfonamides is 1. The van der Waals surface area contributed by atoms with Gasteiger partial charge in [0.2, 0.25) is 10.0 Å². The molecule has 6 nitrogen and oxygen atoms in total. The van der Waals surface area contributed by atoms with Crippen molar-refractivity contribution in [3.05, 3.63) is 29.3 Å². The molecule has 7 heteroatoms. The number of nitrogens with two attached hydrogens (primary N) is 1. The van der Waals surface area contributed by atoms with Crippen LogP contribution in [0.25, 0.3) is 0 Å². The molecule has 0 aliphatic carbocycles. The molecule has 0 saturated carbocycles. The number of sulfonamides is 1. The summed E-state index contributed by atoms with van der Waals surface area (Å²) in [5.74, 6) is -0.323. The largest absolute Gasteiger partial charge is 0.379 e. The fourth-order valence-electron chi connectivity index (χ4n) is 2.42. The minimum absolute atomic E-state index is 0.0577. The summed E-state index contributed by atoms with van der Waals surface area (Å²) in [5, 5.41) is 8.04. The molecular weight excluding hydrogens is 292 g/mol. The molecule has 1 unspecified atom stereocenters. The molecule has 1 fully saturated rings. The monoisotopic (exact) mass is 312 g/mol. The number of hydrogen-bond donors (Lipinski definition) is 2. The van der Waals surface area contributed by atoms with Gasteiger partial charge in [-0.2, -0.15) is 0 Å². The van der Waals surface area contributed by atoms with Crippen molar-refractivity contribution in [1.29, 1.82) is 0 Å². The highest BCUT2D eigenvalue weighted by atomic mass is 32.2. The average Bonchev–Trinajstić information content (AvgIpc) is 2.37. The van der Waals surface area contributed by atoms with Crippen molar-refractivity contribution in [2.75, 3.05) is 13.2 Å². The number of aryl methyl sites for hydroxylation is 1. The van der Waals surface area contributed by atoms with Gasteiger partial charge in [-0.1, -0.05) is 0 Å². The Hall–Kier alpha value is -1.44. The first-order valence-electron chi connectivity index (χ1n) is 6.74. The molecule has 3 N–H and O–H groups in total. The summed E-state index contributed by atoms with van der Waals surface area (Å²) in [6, 6.07) is 4.37. The minimum atomic E-state index is -3.83. The second-order valence-electron chi connectivity index (χ2n) is 5.75. The van der Waals surface area contributed by atoms with Crippen molar-refractivity contribution in [2.24, 2.45) is 5.14 Å². The summed E-state index contributed by atoms with van der Waals surface area (Å²) < 4.78 is 28.3. The van der Waals surface area contributed by atoms with E-state index in [9.17, 15) is 13.2 Å². The van der Waals surface area contributed by atoms with E-state index in [1.165, 1.54) is 12.1 Å². The Morgan fingerprint density at radius 2 is 2.10 bits per heavy atom. The van der Waals surface area contributed by atoms with Gasteiger partial charge in [-0.05, 0) is 50.5 Å². The predicted octanol–water partition coefficient (Wildman–Crippen LogP) is 0.941. The van der Waals surface area contributed by atoms with E-state index in [0.717, 1.165) is 12.8 Å². The lowest BCUT2D eigenvalue weighted by atomic mass is 9.94. The van der Waals surface area contributed by atoms with Gasteiger partial charge in [0.05, 0.1) is 17.0 Å². The fraction of sp³-hybridized carbons (Fsp3) is 0.500. The molecule has 0 bridgehead atoms. The maximum absolute atomic E-state index is 12.3. The molecule has 2 rings (SSSR count). The van der Waals surface area contributed by atoms with Crippen molar-refractivity contribution in [3.8, 4) is 0 Å². The summed E-state index contributed by atoms with van der Waals surface area (Å²) in [7, 11) is -3.83. The first-order chi connectivity index (χ1) is 9.70. The van der Waals surface area contributed by atoms with E-state index >= 15 is 0 Å². The Bertz CT molecular complexity index is 649. The predicted molar refractivity (Wildman–Crippen MR) is 78.5 cm³/mol. The first kappa shape index (κ1) is 15.9. The second kappa shape index (κ2) is 5.75. The number of benzene rings is 1. The van der Waals surface area contributed by atoms with Crippen LogP contribution in [0.5, 0.6) is 0 Å². The maximum Gasteiger partial charge on any atom is 0.251 e. The molecule has 1 aliphatic rings. The van der Waals surface area contributed by atoms with Crippen LogP contribution in [0.15, 0.2) is 23.1 Å². The maximum atomic E-state index is 12.3. The third-order valence-corrected chi connectivity index (χ3v) is 4.39. The zero-order valence-electron chi connectivity index (χ0n) is 12.2. The van der Waals surface area contributed by atoms with Crippen LogP contribution in [0.4, 0.5) is 0 Å². The lowest BCUT2D eigenvalue weighted by Gasteiger charge is -2.34. The van der Waals surface area contributed by atoms with E-state index in [4.69, 9.17) is 9.88 Å². The number of hydrogen-bond acceptors (Lipinski definition) is 4. The van der Waals surface area contributed by atoms with Crippen molar-refractivity contribution in [2.45, 2.75) is 37.1 Å². The SMILES string of the molecule is Cc1cc(C(=O)NC2(C)CCCOC2)cc(S(N)(=O)=O)c1. The Balaban J connectivity index is 2.25. The van der Waals surface area contributed by atoms with Gasteiger partial charge >= 0.3 is 0 Å². The third kappa shape index (κ3) is 4.03. The van der Waals surface area contributed by atoms with Crippen LogP contribution in [0.3, 0.4) is 0 Å². The molecule has 1 aromatic rings. The van der Waals surface area contributed by atoms with E-state index in [-0.39, 0.29) is 16.4 Å². The standard InChI is InChI=1S/C14H20N2O4S/c1-10-6-11(8-12(7-10)21(15,18)19)13(17)16-14(2)4-3-5-20-9-14/h6-8H,3-5,9H2,1-2H3,(H,16,17)(H2,15,18,19). The van der Waals surface area contributed by atoms with Crippen LogP contribution in [-0.2, 0) is 14.8 Å². The molecule has 116 valence electrons. The summed E-state index contributed by atoms with van der Waals surface area (Å²) in [6.07, 6.45) is 1.71. The Labute approximate surface area is 124 Å². The second-order valence-corrected chi connectivity index (χ2v) is 7.31. The van der Waals surface area contributed by atoms with E-state index in [2.05, 4.69) is 5.32 Å². The lowest BCUT2D eigenvalue weighted by Crippen LogP contribution is -2.51. The highest BCUT2D eigenvalue weighted by Crippen LogP contribution is 2.20. The van der Waals surface area contributed by atoms with Crippen molar-refractivity contribution in [1.82, 2.24) is 5.32 Å². The van der Waals surface area contributed by atoms with Crippen LogP contribution >= 0.6 is 0 Å². The fourth-order valence-corrected chi connectivity index (χ4v) is 3.06. The molecule has 0 spiro atoms. The lowest BCUT2D eigenvalue weighted by molar-refractivity contribution is 0.0272. The number of carbonyl (C=O) groups is 1. The number of nitrogens with one attached hydrogen (secondary N) is 1. The summed E-state index contributed by atoms with van der Waals surface area (Å²) in [5.41, 5.74) is 0.517. The quantitative estimate of drug-likeness (QED) is 0.867. The zero-order valence-corrected chi connectivity index (χ0v) is 13.0. The molecule has 0 aromatic heterocycles. The number of carbonyl (C=O) groups excluding carboxylic acids is 1. The van der Waals surface area contributed by atoms with Gasteiger partial charge < -0.3 is 10.1 Å². The van der Waals surface area contributed by atoms with Gasteiger partial charge in [0.25, 0.3) is 5.91 Å². The van der Waals surface area contributed by atoms with Crippen molar-refractivity contribution >= 4 is 15.9 Å². The molecular formula is C14H20N2O4S. The molecule has 0 radical (unpaired) electrons. The summed E-state index contributed by atoms with van der Waals surface area (Å²) in [4.78, 5) is 12.3. The van der Waals surface area contributed by atoms with Gasteiger partial charge in [0.15, 0.2) is 0 Å². The highest BCUT2D eigenvalue weighted by Gasteiger charge is 2.29. The van der Waals surface area contributed by atoms with Crippen LogP contribution < -0.4 is 10.5 Å². The summed E-state index contributed by atoms with van der Waals surface area (Å²) >= 11 is 0. The molecule has 1 heterocycles. The number of ether oxygens (including phenoxy) is 1. The van der Waals surface area contributed by atoms with E-state index in [1.54, 1.807) is 13.0 Å². The minimum Gasteiger partial charge on any atom is -0.379 e. The molecule has 1 aliphatic heterocycles. The number of rotatable bonds is 3. The van der Waals surface area contributed by atoms with E-state index < -0.39 is 15.6 Å². The van der Waals surface area contributed by atoms with Crippen LogP contribution in [0.1, 0.15) is 35.7 Å². The molecule has 1 aromatic carbocycles. The third-order valence-electron chi connectivity index (χ3n) is 3.49. The van der Waals surface area contributed by atoms with Crippen molar-refractivity contribution in [3.63, 3.8) is 0 Å². The highest BCUT2D eigenvalue weighted by molar-refractivity contribution is 7.89. The van der Waals surface area contributed by atoms with Crippen LogP contribution in [0.2, 0.25) is 0 Å².